The molecule has 2 aliphatic heterocycles. The van der Waals surface area contributed by atoms with Crippen molar-refractivity contribution >= 4 is 40.3 Å². The molecule has 0 unspecified atom stereocenters. The molecule has 47 heavy (non-hydrogen) atoms. The summed E-state index contributed by atoms with van der Waals surface area (Å²) in [5, 5.41) is 3.87. The van der Waals surface area contributed by atoms with E-state index in [4.69, 9.17) is 16.0 Å². The molecule has 1 aromatic heterocycles. The van der Waals surface area contributed by atoms with Crippen molar-refractivity contribution in [3.63, 3.8) is 0 Å². The summed E-state index contributed by atoms with van der Waals surface area (Å²) in [4.78, 5) is 56.7. The van der Waals surface area contributed by atoms with Crippen molar-refractivity contribution in [3.05, 3.63) is 116 Å². The SMILES string of the molecule is CCc1ccc2oc(C(=O)N[C@H](Cc3ccc(Cl)cc3)C(=O)N3CCC(c4ccccc4CN4CCCCC4=O)CC3)cc(=O)c2c1. The number of hydrogen-bond acceptors (Lipinski definition) is 5. The molecule has 0 spiro atoms. The first-order valence-corrected chi connectivity index (χ1v) is 16.9. The van der Waals surface area contributed by atoms with Gasteiger partial charge in [0.2, 0.25) is 11.8 Å². The lowest BCUT2D eigenvalue weighted by Gasteiger charge is -2.36. The Morgan fingerprint density at radius 2 is 1.68 bits per heavy atom. The molecule has 3 aromatic carbocycles. The highest BCUT2D eigenvalue weighted by Crippen LogP contribution is 2.32. The van der Waals surface area contributed by atoms with Gasteiger partial charge in [-0.25, -0.2) is 0 Å². The summed E-state index contributed by atoms with van der Waals surface area (Å²) in [5.74, 6) is -0.460. The van der Waals surface area contributed by atoms with Gasteiger partial charge in [-0.2, -0.15) is 0 Å². The summed E-state index contributed by atoms with van der Waals surface area (Å²) < 4.78 is 5.85. The zero-order chi connectivity index (χ0) is 32.9. The summed E-state index contributed by atoms with van der Waals surface area (Å²) in [6, 6.07) is 21.2. The topological polar surface area (TPSA) is 99.9 Å². The summed E-state index contributed by atoms with van der Waals surface area (Å²) in [6.07, 6.45) is 5.19. The number of hydrogen-bond donors (Lipinski definition) is 1. The van der Waals surface area contributed by atoms with Crippen LogP contribution in [0.1, 0.15) is 77.8 Å². The number of rotatable bonds is 9. The number of likely N-dealkylation sites (tertiary alicyclic amines) is 2. The maximum atomic E-state index is 14.0. The highest BCUT2D eigenvalue weighted by atomic mass is 35.5. The van der Waals surface area contributed by atoms with Gasteiger partial charge >= 0.3 is 0 Å². The second-order valence-corrected chi connectivity index (χ2v) is 13.0. The van der Waals surface area contributed by atoms with E-state index in [0.29, 0.717) is 42.0 Å². The number of nitrogens with zero attached hydrogens (tertiary/aromatic N) is 2. The third-order valence-electron chi connectivity index (χ3n) is 9.46. The van der Waals surface area contributed by atoms with Gasteiger partial charge in [-0.05, 0) is 84.5 Å². The van der Waals surface area contributed by atoms with Gasteiger partial charge in [0.15, 0.2) is 11.2 Å². The van der Waals surface area contributed by atoms with Crippen LogP contribution in [0.25, 0.3) is 11.0 Å². The van der Waals surface area contributed by atoms with E-state index in [1.165, 1.54) is 17.2 Å². The van der Waals surface area contributed by atoms with Gasteiger partial charge in [0.25, 0.3) is 5.91 Å². The van der Waals surface area contributed by atoms with E-state index >= 15 is 0 Å². The molecule has 244 valence electrons. The Kier molecular flexibility index (Phi) is 10.1. The lowest BCUT2D eigenvalue weighted by atomic mass is 9.86. The van der Waals surface area contributed by atoms with Gasteiger partial charge in [-0.3, -0.25) is 19.2 Å². The summed E-state index contributed by atoms with van der Waals surface area (Å²) in [7, 11) is 0. The number of carbonyl (C=O) groups is 3. The van der Waals surface area contributed by atoms with Crippen LogP contribution >= 0.6 is 11.6 Å². The number of nitrogens with one attached hydrogen (secondary N) is 1. The van der Waals surface area contributed by atoms with Crippen molar-refractivity contribution < 1.29 is 18.8 Å². The van der Waals surface area contributed by atoms with Gasteiger partial charge in [0.1, 0.15) is 11.6 Å². The van der Waals surface area contributed by atoms with E-state index in [2.05, 4.69) is 17.4 Å². The van der Waals surface area contributed by atoms with E-state index < -0.39 is 11.9 Å². The van der Waals surface area contributed by atoms with Crippen molar-refractivity contribution in [2.75, 3.05) is 19.6 Å². The molecule has 0 radical (unpaired) electrons. The summed E-state index contributed by atoms with van der Waals surface area (Å²) >= 11 is 6.11. The van der Waals surface area contributed by atoms with Crippen molar-refractivity contribution in [1.29, 1.82) is 0 Å². The number of amides is 3. The van der Waals surface area contributed by atoms with Crippen LogP contribution in [-0.2, 0) is 29.0 Å². The van der Waals surface area contributed by atoms with Crippen molar-refractivity contribution in [1.82, 2.24) is 15.1 Å². The molecule has 6 rings (SSSR count). The molecule has 0 bridgehead atoms. The van der Waals surface area contributed by atoms with Crippen LogP contribution in [0.4, 0.5) is 0 Å². The smallest absolute Gasteiger partial charge is 0.287 e. The van der Waals surface area contributed by atoms with Crippen molar-refractivity contribution in [2.45, 2.75) is 70.4 Å². The molecule has 1 N–H and O–H groups in total. The molecule has 2 fully saturated rings. The lowest BCUT2D eigenvalue weighted by molar-refractivity contribution is -0.135. The third kappa shape index (κ3) is 7.60. The number of piperidine rings is 2. The average Bonchev–Trinajstić information content (AvgIpc) is 3.09. The molecule has 4 aromatic rings. The van der Waals surface area contributed by atoms with Crippen LogP contribution in [0.2, 0.25) is 5.02 Å². The quantitative estimate of drug-likeness (QED) is 0.230. The first-order chi connectivity index (χ1) is 22.8. The fourth-order valence-electron chi connectivity index (χ4n) is 6.76. The number of fused-ring (bicyclic) bond motifs is 1. The van der Waals surface area contributed by atoms with Crippen molar-refractivity contribution in [3.8, 4) is 0 Å². The minimum Gasteiger partial charge on any atom is -0.451 e. The molecule has 2 saturated heterocycles. The van der Waals surface area contributed by atoms with Crippen LogP contribution in [0.15, 0.2) is 82.0 Å². The fourth-order valence-corrected chi connectivity index (χ4v) is 6.89. The van der Waals surface area contributed by atoms with Crippen molar-refractivity contribution in [2.24, 2.45) is 0 Å². The normalized spacial score (nSPS) is 16.3. The van der Waals surface area contributed by atoms with E-state index in [-0.39, 0.29) is 35.3 Å². The Hall–Kier alpha value is -4.43. The second kappa shape index (κ2) is 14.6. The molecule has 1 atom stereocenters. The van der Waals surface area contributed by atoms with Crippen LogP contribution in [-0.4, -0.2) is 53.2 Å². The molecule has 8 nitrogen and oxygen atoms in total. The van der Waals surface area contributed by atoms with E-state index in [1.807, 2.05) is 47.1 Å². The molecule has 0 aliphatic carbocycles. The molecule has 3 amide bonds. The number of aryl methyl sites for hydroxylation is 1. The Morgan fingerprint density at radius 1 is 0.936 bits per heavy atom. The average molecular weight is 654 g/mol. The molecular formula is C38H40ClN3O5. The maximum Gasteiger partial charge on any atom is 0.287 e. The predicted molar refractivity (Wildman–Crippen MR) is 183 cm³/mol. The summed E-state index contributed by atoms with van der Waals surface area (Å²) in [6.45, 7) is 4.50. The number of halogens is 1. The first kappa shape index (κ1) is 32.5. The third-order valence-corrected chi connectivity index (χ3v) is 9.72. The van der Waals surface area contributed by atoms with Crippen LogP contribution < -0.4 is 10.7 Å². The maximum absolute atomic E-state index is 14.0. The highest BCUT2D eigenvalue weighted by Gasteiger charge is 2.32. The minimum absolute atomic E-state index is 0.136. The molecule has 2 aliphatic rings. The number of benzene rings is 3. The Balaban J connectivity index is 1.18. The minimum atomic E-state index is -0.874. The predicted octanol–water partition coefficient (Wildman–Crippen LogP) is 6.27. The molecule has 0 saturated carbocycles. The Bertz CT molecular complexity index is 1830. The largest absolute Gasteiger partial charge is 0.451 e. The first-order valence-electron chi connectivity index (χ1n) is 16.6. The van der Waals surface area contributed by atoms with Gasteiger partial charge < -0.3 is 19.5 Å². The van der Waals surface area contributed by atoms with Gasteiger partial charge in [0, 0.05) is 50.1 Å². The molecular weight excluding hydrogens is 614 g/mol. The Labute approximate surface area is 279 Å². The molecule has 3 heterocycles. The van der Waals surface area contributed by atoms with Crippen LogP contribution in [0.5, 0.6) is 0 Å². The zero-order valence-corrected chi connectivity index (χ0v) is 27.4. The van der Waals surface area contributed by atoms with Gasteiger partial charge in [-0.1, -0.05) is 61.0 Å². The van der Waals surface area contributed by atoms with Gasteiger partial charge in [-0.15, -0.1) is 0 Å². The number of carbonyl (C=O) groups excluding carboxylic acids is 3. The summed E-state index contributed by atoms with van der Waals surface area (Å²) in [5.41, 5.74) is 4.27. The van der Waals surface area contributed by atoms with E-state index in [9.17, 15) is 19.2 Å². The van der Waals surface area contributed by atoms with Crippen LogP contribution in [0, 0.1) is 0 Å². The van der Waals surface area contributed by atoms with E-state index in [1.54, 1.807) is 24.3 Å². The Morgan fingerprint density at radius 3 is 2.43 bits per heavy atom. The highest BCUT2D eigenvalue weighted by molar-refractivity contribution is 6.30. The molecule has 9 heteroatoms. The fraction of sp³-hybridized carbons (Fsp3) is 0.368. The second-order valence-electron chi connectivity index (χ2n) is 12.6. The van der Waals surface area contributed by atoms with Gasteiger partial charge in [0.05, 0.1) is 5.39 Å². The zero-order valence-electron chi connectivity index (χ0n) is 26.7. The van der Waals surface area contributed by atoms with Crippen LogP contribution in [0.3, 0.4) is 0 Å². The van der Waals surface area contributed by atoms with E-state index in [0.717, 1.165) is 49.8 Å². The monoisotopic (exact) mass is 653 g/mol. The lowest BCUT2D eigenvalue weighted by Crippen LogP contribution is -2.51. The standard InChI is InChI=1S/C38H40ClN3O5/c1-2-25-12-15-34-31(21-25)33(43)23-35(47-34)37(45)40-32(22-26-10-13-29(39)14-11-26)38(46)41-19-16-27(17-20-41)30-8-4-3-7-28(30)24-42-18-6-5-9-36(42)44/h3-4,7-8,10-15,21,23,27,32H,2,5-6,9,16-20,22,24H2,1H3,(H,40,45)/t32-/m1/s1.